The second kappa shape index (κ2) is 6.88. The number of amides is 1. The molecule has 3 aliphatic rings. The number of nitrogens with zero attached hydrogens (tertiary/aromatic N) is 2. The van der Waals surface area contributed by atoms with Gasteiger partial charge in [0.05, 0.1) is 5.41 Å². The monoisotopic (exact) mass is 307 g/mol. The van der Waals surface area contributed by atoms with Crippen LogP contribution in [-0.2, 0) is 4.79 Å². The summed E-state index contributed by atoms with van der Waals surface area (Å²) >= 11 is 0. The summed E-state index contributed by atoms with van der Waals surface area (Å²) in [5, 5.41) is 3.03. The summed E-state index contributed by atoms with van der Waals surface area (Å²) in [4.78, 5) is 17.2. The summed E-state index contributed by atoms with van der Waals surface area (Å²) in [5.41, 5.74) is -0.000889. The first-order valence-corrected chi connectivity index (χ1v) is 9.34. The molecule has 0 aliphatic carbocycles. The first-order valence-electron chi connectivity index (χ1n) is 9.34. The average Bonchev–Trinajstić information content (AvgIpc) is 2.88. The van der Waals surface area contributed by atoms with Crippen LogP contribution in [0.25, 0.3) is 0 Å². The van der Waals surface area contributed by atoms with E-state index in [0.29, 0.717) is 11.9 Å². The molecule has 3 fully saturated rings. The predicted molar refractivity (Wildman–Crippen MR) is 89.8 cm³/mol. The zero-order chi connectivity index (χ0) is 15.6. The van der Waals surface area contributed by atoms with Crippen molar-refractivity contribution in [3.8, 4) is 0 Å². The lowest BCUT2D eigenvalue weighted by Gasteiger charge is -2.39. The molecule has 126 valence electrons. The smallest absolute Gasteiger partial charge is 0.226 e. The topological polar surface area (TPSA) is 35.6 Å². The van der Waals surface area contributed by atoms with Crippen molar-refractivity contribution in [3.63, 3.8) is 0 Å². The maximum Gasteiger partial charge on any atom is 0.226 e. The van der Waals surface area contributed by atoms with E-state index in [-0.39, 0.29) is 5.41 Å². The molecular formula is C18H33N3O. The molecule has 1 amide bonds. The van der Waals surface area contributed by atoms with Gasteiger partial charge < -0.3 is 15.1 Å². The molecule has 3 rings (SSSR count). The van der Waals surface area contributed by atoms with Crippen molar-refractivity contribution in [2.45, 2.75) is 58.4 Å². The maximum absolute atomic E-state index is 12.0. The van der Waals surface area contributed by atoms with Crippen molar-refractivity contribution >= 4 is 5.91 Å². The number of nitrogens with one attached hydrogen (secondary N) is 1. The number of rotatable bonds is 4. The van der Waals surface area contributed by atoms with Crippen LogP contribution in [0.3, 0.4) is 0 Å². The van der Waals surface area contributed by atoms with Crippen LogP contribution >= 0.6 is 0 Å². The lowest BCUT2D eigenvalue weighted by Crippen LogP contribution is -2.44. The Morgan fingerprint density at radius 1 is 1.14 bits per heavy atom. The number of hydrogen-bond donors (Lipinski definition) is 1. The predicted octanol–water partition coefficient (Wildman–Crippen LogP) is 2.10. The molecule has 0 aromatic carbocycles. The summed E-state index contributed by atoms with van der Waals surface area (Å²) in [6, 6.07) is 0.705. The number of carbonyl (C=O) groups is 1. The highest BCUT2D eigenvalue weighted by atomic mass is 16.2. The largest absolute Gasteiger partial charge is 0.356 e. The third-order valence-corrected chi connectivity index (χ3v) is 6.42. The normalized spacial score (nSPS) is 27.7. The minimum atomic E-state index is -0.000889. The van der Waals surface area contributed by atoms with Gasteiger partial charge in [0.1, 0.15) is 0 Å². The van der Waals surface area contributed by atoms with Gasteiger partial charge in [-0.05, 0) is 91.0 Å². The molecule has 4 nitrogen and oxygen atoms in total. The van der Waals surface area contributed by atoms with E-state index in [9.17, 15) is 4.79 Å². The van der Waals surface area contributed by atoms with Gasteiger partial charge in [0.15, 0.2) is 0 Å². The molecule has 3 heterocycles. The minimum absolute atomic E-state index is 0.000889. The lowest BCUT2D eigenvalue weighted by molar-refractivity contribution is -0.130. The van der Waals surface area contributed by atoms with Crippen LogP contribution in [0.5, 0.6) is 0 Å². The van der Waals surface area contributed by atoms with E-state index < -0.39 is 0 Å². The third-order valence-electron chi connectivity index (χ3n) is 6.42. The van der Waals surface area contributed by atoms with Crippen LogP contribution in [0, 0.1) is 11.3 Å². The molecule has 22 heavy (non-hydrogen) atoms. The summed E-state index contributed by atoms with van der Waals surface area (Å²) in [6.45, 7) is 11.6. The lowest BCUT2D eigenvalue weighted by atomic mass is 9.77. The van der Waals surface area contributed by atoms with E-state index in [4.69, 9.17) is 0 Å². The standard InChI is InChI=1S/C18H33N3O/c1-15(2)21-11-4-16(5-12-21)3-10-20-13-7-18(8-14-20)6-9-19-17(18)22/h15-16H,3-14H2,1-2H3,(H,19,22). The Balaban J connectivity index is 1.37. The third kappa shape index (κ3) is 3.48. The van der Waals surface area contributed by atoms with Gasteiger partial charge in [0.2, 0.25) is 5.91 Å². The highest BCUT2D eigenvalue weighted by molar-refractivity contribution is 5.84. The van der Waals surface area contributed by atoms with Crippen LogP contribution in [0.2, 0.25) is 0 Å². The van der Waals surface area contributed by atoms with E-state index in [1.54, 1.807) is 0 Å². The Kier molecular flexibility index (Phi) is 5.08. The van der Waals surface area contributed by atoms with Crippen LogP contribution in [0.15, 0.2) is 0 Å². The first kappa shape index (κ1) is 16.3. The van der Waals surface area contributed by atoms with E-state index in [0.717, 1.165) is 44.8 Å². The molecular weight excluding hydrogens is 274 g/mol. The molecule has 0 aromatic heterocycles. The van der Waals surface area contributed by atoms with Crippen LogP contribution < -0.4 is 5.32 Å². The molecule has 0 atom stereocenters. The minimum Gasteiger partial charge on any atom is -0.356 e. The second-order valence-electron chi connectivity index (χ2n) is 7.99. The number of hydrogen-bond acceptors (Lipinski definition) is 3. The Hall–Kier alpha value is -0.610. The van der Waals surface area contributed by atoms with Crippen molar-refractivity contribution in [1.29, 1.82) is 0 Å². The van der Waals surface area contributed by atoms with Gasteiger partial charge in [-0.2, -0.15) is 0 Å². The van der Waals surface area contributed by atoms with E-state index in [2.05, 4.69) is 29.0 Å². The van der Waals surface area contributed by atoms with E-state index in [1.165, 1.54) is 38.9 Å². The zero-order valence-electron chi connectivity index (χ0n) is 14.4. The summed E-state index contributed by atoms with van der Waals surface area (Å²) in [7, 11) is 0. The van der Waals surface area contributed by atoms with Crippen molar-refractivity contribution < 1.29 is 4.79 Å². The van der Waals surface area contributed by atoms with Crippen molar-refractivity contribution in [3.05, 3.63) is 0 Å². The molecule has 0 saturated carbocycles. The average molecular weight is 307 g/mol. The van der Waals surface area contributed by atoms with Crippen LogP contribution in [0.4, 0.5) is 0 Å². The Labute approximate surface area is 135 Å². The fourth-order valence-electron chi connectivity index (χ4n) is 4.52. The molecule has 0 aromatic rings. The highest BCUT2D eigenvalue weighted by Gasteiger charge is 2.44. The van der Waals surface area contributed by atoms with Crippen molar-refractivity contribution in [2.24, 2.45) is 11.3 Å². The van der Waals surface area contributed by atoms with Gasteiger partial charge in [0.25, 0.3) is 0 Å². The van der Waals surface area contributed by atoms with Gasteiger partial charge in [-0.25, -0.2) is 0 Å². The van der Waals surface area contributed by atoms with Crippen molar-refractivity contribution in [1.82, 2.24) is 15.1 Å². The quantitative estimate of drug-likeness (QED) is 0.864. The van der Waals surface area contributed by atoms with Gasteiger partial charge in [-0.3, -0.25) is 4.79 Å². The van der Waals surface area contributed by atoms with Crippen LogP contribution in [0.1, 0.15) is 52.4 Å². The number of likely N-dealkylation sites (tertiary alicyclic amines) is 2. The highest BCUT2D eigenvalue weighted by Crippen LogP contribution is 2.38. The van der Waals surface area contributed by atoms with Gasteiger partial charge in [0, 0.05) is 12.6 Å². The fraction of sp³-hybridized carbons (Fsp3) is 0.944. The molecule has 1 spiro atoms. The Morgan fingerprint density at radius 2 is 1.82 bits per heavy atom. The maximum atomic E-state index is 12.0. The van der Waals surface area contributed by atoms with Gasteiger partial charge in [-0.15, -0.1) is 0 Å². The molecule has 4 heteroatoms. The Bertz CT molecular complexity index is 380. The Morgan fingerprint density at radius 3 is 2.36 bits per heavy atom. The van der Waals surface area contributed by atoms with E-state index >= 15 is 0 Å². The molecule has 3 aliphatic heterocycles. The first-order chi connectivity index (χ1) is 10.6. The summed E-state index contributed by atoms with van der Waals surface area (Å²) in [5.74, 6) is 1.24. The summed E-state index contributed by atoms with van der Waals surface area (Å²) in [6.07, 6.45) is 7.31. The molecule has 1 N–H and O–H groups in total. The second-order valence-corrected chi connectivity index (χ2v) is 7.99. The number of piperidine rings is 2. The van der Waals surface area contributed by atoms with Crippen LogP contribution in [-0.4, -0.2) is 61.0 Å². The summed E-state index contributed by atoms with van der Waals surface area (Å²) < 4.78 is 0. The van der Waals surface area contributed by atoms with Gasteiger partial charge >= 0.3 is 0 Å². The molecule has 3 saturated heterocycles. The molecule has 0 bridgehead atoms. The van der Waals surface area contributed by atoms with Crippen molar-refractivity contribution in [2.75, 3.05) is 39.3 Å². The molecule has 0 unspecified atom stereocenters. The zero-order valence-corrected chi connectivity index (χ0v) is 14.4. The number of carbonyl (C=O) groups excluding carboxylic acids is 1. The fourth-order valence-corrected chi connectivity index (χ4v) is 4.52. The SMILES string of the molecule is CC(C)N1CCC(CCN2CCC3(CCNC3=O)CC2)CC1. The van der Waals surface area contributed by atoms with E-state index in [1.807, 2.05) is 0 Å². The molecule has 0 radical (unpaired) electrons. The van der Waals surface area contributed by atoms with Gasteiger partial charge in [-0.1, -0.05) is 0 Å².